The minimum atomic E-state index is 0.870. The van der Waals surface area contributed by atoms with Gasteiger partial charge in [0.25, 0.3) is 0 Å². The molecule has 0 radical (unpaired) electrons. The van der Waals surface area contributed by atoms with E-state index in [9.17, 15) is 0 Å². The van der Waals surface area contributed by atoms with Crippen LogP contribution in [0.25, 0.3) is 60.9 Å². The number of fused-ring (bicyclic) bond motifs is 15. The summed E-state index contributed by atoms with van der Waals surface area (Å²) in [7, 11) is 0. The molecule has 0 saturated carbocycles. The van der Waals surface area contributed by atoms with E-state index in [4.69, 9.17) is 15.0 Å². The number of hydrogen-bond acceptors (Lipinski definition) is 3. The molecule has 35 heavy (non-hydrogen) atoms. The molecule has 2 aliphatic rings. The van der Waals surface area contributed by atoms with Crippen molar-refractivity contribution < 1.29 is 0 Å². The Balaban J connectivity index is 1.36. The molecule has 4 heterocycles. The molecular formula is C31H18N4. The standard InChI is InChI=1S/C31H18N4/c1-2-6-19-17(5-1)13-25-20(19)9-10-21-24-16-28-27(15-18(24)14-26(21)25)34-31-29-22(7-3-11-32-29)23-8-4-12-33-30(23)35(28)31/h1-12,15-16H,13-14H2. The Labute approximate surface area is 200 Å². The Morgan fingerprint density at radius 3 is 2.29 bits per heavy atom. The second-order valence-electron chi connectivity index (χ2n) is 9.67. The summed E-state index contributed by atoms with van der Waals surface area (Å²) in [6.45, 7) is 0. The molecular weight excluding hydrogens is 428 g/mol. The van der Waals surface area contributed by atoms with E-state index in [2.05, 4.69) is 65.1 Å². The summed E-state index contributed by atoms with van der Waals surface area (Å²) < 4.78 is 2.20. The fourth-order valence-electron chi connectivity index (χ4n) is 6.44. The summed E-state index contributed by atoms with van der Waals surface area (Å²) in [5.41, 5.74) is 16.0. The van der Waals surface area contributed by atoms with Gasteiger partial charge in [-0.05, 0) is 87.7 Å². The predicted molar refractivity (Wildman–Crippen MR) is 140 cm³/mol. The summed E-state index contributed by atoms with van der Waals surface area (Å²) in [5, 5.41) is 2.19. The fourth-order valence-corrected chi connectivity index (χ4v) is 6.44. The zero-order chi connectivity index (χ0) is 22.7. The van der Waals surface area contributed by atoms with Crippen LogP contribution in [0.2, 0.25) is 0 Å². The first-order chi connectivity index (χ1) is 17.3. The number of nitrogens with zero attached hydrogens (tertiary/aromatic N) is 4. The van der Waals surface area contributed by atoms with Crippen LogP contribution in [-0.4, -0.2) is 19.4 Å². The number of benzene rings is 3. The van der Waals surface area contributed by atoms with Crippen LogP contribution in [0.3, 0.4) is 0 Å². The summed E-state index contributed by atoms with van der Waals surface area (Å²) in [4.78, 5) is 14.6. The Kier molecular flexibility index (Phi) is 3.11. The van der Waals surface area contributed by atoms with E-state index in [0.717, 1.165) is 51.5 Å². The molecule has 0 saturated heterocycles. The molecule has 7 aromatic rings. The van der Waals surface area contributed by atoms with Crippen molar-refractivity contribution in [2.75, 3.05) is 0 Å². The molecule has 162 valence electrons. The Hall–Kier alpha value is -4.57. The quantitative estimate of drug-likeness (QED) is 0.243. The number of hydrogen-bond donors (Lipinski definition) is 0. The third-order valence-corrected chi connectivity index (χ3v) is 7.95. The van der Waals surface area contributed by atoms with E-state index in [1.807, 2.05) is 24.5 Å². The lowest BCUT2D eigenvalue weighted by molar-refractivity contribution is 1.16. The van der Waals surface area contributed by atoms with Gasteiger partial charge in [-0.3, -0.25) is 9.38 Å². The smallest absolute Gasteiger partial charge is 0.166 e. The van der Waals surface area contributed by atoms with E-state index in [-0.39, 0.29) is 0 Å². The molecule has 4 heteroatoms. The van der Waals surface area contributed by atoms with Crippen molar-refractivity contribution in [3.05, 3.63) is 107 Å². The summed E-state index contributed by atoms with van der Waals surface area (Å²) in [6, 6.07) is 26.3. The predicted octanol–water partition coefficient (Wildman–Crippen LogP) is 6.73. The molecule has 4 nitrogen and oxygen atoms in total. The summed E-state index contributed by atoms with van der Waals surface area (Å²) >= 11 is 0. The number of imidazole rings is 1. The number of rotatable bonds is 0. The molecule has 4 aromatic heterocycles. The van der Waals surface area contributed by atoms with E-state index in [1.165, 1.54) is 44.5 Å². The second kappa shape index (κ2) is 6.10. The Morgan fingerprint density at radius 2 is 1.37 bits per heavy atom. The van der Waals surface area contributed by atoms with Gasteiger partial charge >= 0.3 is 0 Å². The molecule has 3 aromatic carbocycles. The largest absolute Gasteiger partial charge is 0.274 e. The first-order valence-corrected chi connectivity index (χ1v) is 12.0. The maximum Gasteiger partial charge on any atom is 0.166 e. The summed E-state index contributed by atoms with van der Waals surface area (Å²) in [5.74, 6) is 0. The highest BCUT2D eigenvalue weighted by atomic mass is 15.1. The minimum Gasteiger partial charge on any atom is -0.274 e. The highest BCUT2D eigenvalue weighted by Gasteiger charge is 2.29. The molecule has 0 spiro atoms. The molecule has 0 fully saturated rings. The zero-order valence-corrected chi connectivity index (χ0v) is 18.8. The van der Waals surface area contributed by atoms with Crippen LogP contribution in [0.1, 0.15) is 22.3 Å². The normalized spacial score (nSPS) is 13.5. The van der Waals surface area contributed by atoms with E-state index in [1.54, 1.807) is 0 Å². The van der Waals surface area contributed by atoms with Crippen LogP contribution < -0.4 is 0 Å². The van der Waals surface area contributed by atoms with Crippen molar-refractivity contribution in [3.63, 3.8) is 0 Å². The SMILES string of the molecule is c1ccc2c(c1)Cc1c-2ccc2c1Cc1cc3nc4c5ncccc5c5cccnc5n4c3cc1-2. The van der Waals surface area contributed by atoms with Crippen molar-refractivity contribution in [3.8, 4) is 22.3 Å². The minimum absolute atomic E-state index is 0.870. The van der Waals surface area contributed by atoms with Gasteiger partial charge in [0.2, 0.25) is 0 Å². The third kappa shape index (κ3) is 2.15. The van der Waals surface area contributed by atoms with Gasteiger partial charge in [0.15, 0.2) is 5.65 Å². The van der Waals surface area contributed by atoms with Gasteiger partial charge in [0.1, 0.15) is 11.2 Å². The Bertz CT molecular complexity index is 2070. The van der Waals surface area contributed by atoms with E-state index >= 15 is 0 Å². The molecule has 0 bridgehead atoms. The monoisotopic (exact) mass is 446 g/mol. The van der Waals surface area contributed by atoms with E-state index < -0.39 is 0 Å². The second-order valence-corrected chi connectivity index (χ2v) is 9.67. The fraction of sp³-hybridized carbons (Fsp3) is 0.0645. The van der Waals surface area contributed by atoms with Crippen LogP contribution in [-0.2, 0) is 12.8 Å². The van der Waals surface area contributed by atoms with Gasteiger partial charge in [-0.15, -0.1) is 0 Å². The third-order valence-electron chi connectivity index (χ3n) is 7.95. The number of aromatic nitrogens is 4. The highest BCUT2D eigenvalue weighted by molar-refractivity contribution is 6.11. The molecule has 2 aliphatic carbocycles. The molecule has 0 amide bonds. The first kappa shape index (κ1) is 17.8. The van der Waals surface area contributed by atoms with Gasteiger partial charge < -0.3 is 0 Å². The summed E-state index contributed by atoms with van der Waals surface area (Å²) in [6.07, 6.45) is 5.69. The van der Waals surface area contributed by atoms with Crippen molar-refractivity contribution in [1.82, 2.24) is 19.4 Å². The van der Waals surface area contributed by atoms with Gasteiger partial charge in [-0.1, -0.05) is 42.5 Å². The Morgan fingerprint density at radius 1 is 0.600 bits per heavy atom. The lowest BCUT2D eigenvalue weighted by Gasteiger charge is -2.08. The van der Waals surface area contributed by atoms with Crippen molar-refractivity contribution in [1.29, 1.82) is 0 Å². The molecule has 0 atom stereocenters. The molecule has 0 aliphatic heterocycles. The van der Waals surface area contributed by atoms with Gasteiger partial charge in [-0.2, -0.15) is 0 Å². The number of pyridine rings is 3. The van der Waals surface area contributed by atoms with Crippen LogP contribution in [0, 0.1) is 0 Å². The van der Waals surface area contributed by atoms with Crippen LogP contribution >= 0.6 is 0 Å². The average Bonchev–Trinajstić information content (AvgIpc) is 3.58. The lowest BCUT2D eigenvalue weighted by Crippen LogP contribution is -1.95. The van der Waals surface area contributed by atoms with Crippen molar-refractivity contribution in [2.45, 2.75) is 12.8 Å². The molecule has 0 N–H and O–H groups in total. The first-order valence-electron chi connectivity index (χ1n) is 12.0. The molecule has 9 rings (SSSR count). The topological polar surface area (TPSA) is 43.1 Å². The van der Waals surface area contributed by atoms with Gasteiger partial charge in [0.05, 0.1) is 11.0 Å². The highest BCUT2D eigenvalue weighted by Crippen LogP contribution is 2.47. The van der Waals surface area contributed by atoms with Crippen LogP contribution in [0.5, 0.6) is 0 Å². The zero-order valence-electron chi connectivity index (χ0n) is 18.8. The average molecular weight is 447 g/mol. The van der Waals surface area contributed by atoms with Crippen molar-refractivity contribution >= 4 is 38.6 Å². The maximum absolute atomic E-state index is 5.10. The van der Waals surface area contributed by atoms with Crippen LogP contribution in [0.4, 0.5) is 0 Å². The van der Waals surface area contributed by atoms with Gasteiger partial charge in [-0.25, -0.2) is 9.97 Å². The maximum atomic E-state index is 5.10. The van der Waals surface area contributed by atoms with Crippen molar-refractivity contribution in [2.24, 2.45) is 0 Å². The molecule has 0 unspecified atom stereocenters. The van der Waals surface area contributed by atoms with Gasteiger partial charge in [0, 0.05) is 23.2 Å². The lowest BCUT2D eigenvalue weighted by atomic mass is 9.96. The van der Waals surface area contributed by atoms with E-state index in [0.29, 0.717) is 0 Å². The van der Waals surface area contributed by atoms with Crippen LogP contribution in [0.15, 0.2) is 85.2 Å².